The van der Waals surface area contributed by atoms with Gasteiger partial charge in [0.15, 0.2) is 10.3 Å². The predicted molar refractivity (Wildman–Crippen MR) is 281 cm³/mol. The zero-order valence-electron chi connectivity index (χ0n) is 38.6. The lowest BCUT2D eigenvalue weighted by Gasteiger charge is -2.40. The van der Waals surface area contributed by atoms with Crippen molar-refractivity contribution in [3.63, 3.8) is 0 Å². The molecule has 0 unspecified atom stereocenters. The smallest absolute Gasteiger partial charge is 0.333 e. The Balaban J connectivity index is 0.000000182. The summed E-state index contributed by atoms with van der Waals surface area (Å²) < 4.78 is 3.21. The maximum atomic E-state index is 12.9. The fraction of sp³-hybridized carbons (Fsp3) is 0.396. The summed E-state index contributed by atoms with van der Waals surface area (Å²) in [6, 6.07) is 14.9. The molecule has 0 aliphatic carbocycles. The van der Waals surface area contributed by atoms with E-state index in [-0.39, 0.29) is 38.7 Å². The van der Waals surface area contributed by atoms with E-state index in [1.54, 1.807) is 30.7 Å². The molecule has 22 heteroatoms. The van der Waals surface area contributed by atoms with Crippen molar-refractivity contribution in [2.45, 2.75) is 72.3 Å². The number of pyridine rings is 2. The number of aromatic nitrogens is 6. The highest BCUT2D eigenvalue weighted by Gasteiger charge is 2.29. The fourth-order valence-electron chi connectivity index (χ4n) is 7.99. The van der Waals surface area contributed by atoms with Crippen LogP contribution in [0.15, 0.2) is 79.6 Å². The minimum atomic E-state index is -0.781. The highest BCUT2D eigenvalue weighted by Crippen LogP contribution is 2.30. The quantitative estimate of drug-likeness (QED) is 0.0717. The molecule has 5 aromatic heterocycles. The largest absolute Gasteiger partial charge is 0.394 e. The molecule has 18 nitrogen and oxygen atoms in total. The third kappa shape index (κ3) is 14.3. The van der Waals surface area contributed by atoms with E-state index >= 15 is 0 Å². The van der Waals surface area contributed by atoms with Crippen molar-refractivity contribution < 1.29 is 30.0 Å². The van der Waals surface area contributed by atoms with Gasteiger partial charge in [-0.15, -0.1) is 0 Å². The lowest BCUT2D eigenvalue weighted by molar-refractivity contribution is 0.0954. The van der Waals surface area contributed by atoms with Crippen LogP contribution in [0.2, 0.25) is 10.0 Å². The molecule has 0 saturated carbocycles. The van der Waals surface area contributed by atoms with Gasteiger partial charge in [0.05, 0.1) is 45.9 Å². The first-order valence-corrected chi connectivity index (χ1v) is 24.8. The molecule has 2 aliphatic heterocycles. The van der Waals surface area contributed by atoms with Crippen molar-refractivity contribution in [1.82, 2.24) is 39.7 Å². The van der Waals surface area contributed by atoms with Crippen LogP contribution in [0.5, 0.6) is 0 Å². The van der Waals surface area contributed by atoms with Crippen LogP contribution in [0.3, 0.4) is 0 Å². The lowest BCUT2D eigenvalue weighted by Crippen LogP contribution is -2.55. The molecule has 7 aromatic rings. The zero-order valence-corrected chi connectivity index (χ0v) is 41.7. The monoisotopic (exact) mass is 1030 g/mol. The second kappa shape index (κ2) is 25.0. The van der Waals surface area contributed by atoms with Gasteiger partial charge < -0.3 is 40.4 Å². The van der Waals surface area contributed by atoms with Crippen LogP contribution < -0.4 is 25.8 Å². The fourth-order valence-corrected chi connectivity index (χ4v) is 10.3. The van der Waals surface area contributed by atoms with Crippen molar-refractivity contribution in [1.29, 1.82) is 0 Å². The Morgan fingerprint density at radius 1 is 0.771 bits per heavy atom. The number of carbonyl (C=O) groups is 2. The Morgan fingerprint density at radius 2 is 1.30 bits per heavy atom. The third-order valence-electron chi connectivity index (χ3n) is 11.3. The van der Waals surface area contributed by atoms with Gasteiger partial charge in [-0.3, -0.25) is 15.2 Å². The summed E-state index contributed by atoms with van der Waals surface area (Å²) in [4.78, 5) is 52.6. The highest BCUT2D eigenvalue weighted by molar-refractivity contribution is 7.22. The molecular formula is C48H60Cl2N12O6S2. The van der Waals surface area contributed by atoms with E-state index in [9.17, 15) is 19.8 Å². The summed E-state index contributed by atoms with van der Waals surface area (Å²) in [7, 11) is 0. The maximum absolute atomic E-state index is 12.9. The van der Waals surface area contributed by atoms with E-state index in [0.717, 1.165) is 74.0 Å². The summed E-state index contributed by atoms with van der Waals surface area (Å²) in [6.45, 7) is 12.5. The average molecular weight is 1040 g/mol. The van der Waals surface area contributed by atoms with Crippen LogP contribution in [-0.4, -0.2) is 144 Å². The molecule has 0 radical (unpaired) electrons. The minimum absolute atomic E-state index is 0. The first kappa shape index (κ1) is 53.8. The van der Waals surface area contributed by atoms with Gasteiger partial charge in [-0.05, 0) is 86.3 Å². The van der Waals surface area contributed by atoms with E-state index in [1.807, 2.05) is 62.1 Å². The molecule has 2 aromatic carbocycles. The number of amides is 3. The molecule has 7 heterocycles. The summed E-state index contributed by atoms with van der Waals surface area (Å²) >= 11 is 14.7. The number of carbonyl (C=O) groups excluding carboxylic acids is 2. The molecule has 0 spiro atoms. The summed E-state index contributed by atoms with van der Waals surface area (Å²) in [5.41, 5.74) is 5.60. The van der Waals surface area contributed by atoms with Gasteiger partial charge in [-0.2, -0.15) is 0 Å². The van der Waals surface area contributed by atoms with Gasteiger partial charge in [0.25, 0.3) is 0 Å². The average Bonchev–Trinajstić information content (AvgIpc) is 4.10. The number of thiazole rings is 2. The summed E-state index contributed by atoms with van der Waals surface area (Å²) in [5, 5.41) is 48.4. The number of aliphatic hydroxyl groups excluding tert-OH is 4. The number of piperazine rings is 2. The summed E-state index contributed by atoms with van der Waals surface area (Å²) in [6.07, 6.45) is 7.41. The van der Waals surface area contributed by atoms with Gasteiger partial charge >= 0.3 is 12.1 Å². The van der Waals surface area contributed by atoms with Crippen LogP contribution in [0.4, 0.5) is 31.5 Å². The standard InChI is InChI=1S/C22H26ClN5O3S.C14H23N3O2.C11H7ClN4OS.CH4/c1-13-7-15(8-17(30)12-29)10-24-20(13)27-5-6-28(14(2)11-27)22(31)26-21-25-18-4-3-16(23)9-19(18)32-21;1-10-5-12(6-13(19)9-18)7-16-14(10)17-4-3-15-11(2)8-17;12-7-1-2-8-9(5-7)18-10(14-8)15-11(17)16-4-3-13-6-16;/h3-4,7,9-10,14,17,29-30H,5-6,8,11-12H2,1-2H3,(H,25,26,31);5,7,11,13,15,18-19H,3-4,6,8-9H2,1-2H3;1-6H,(H,14,15,17);1H4/t14-,17-;11-,13-;;/m11../s1. The number of fused-ring (bicyclic) bond motifs is 2. The minimum Gasteiger partial charge on any atom is -0.394 e. The number of nitrogens with zero attached hydrogens (tertiary/aromatic N) is 9. The number of imidazole rings is 1. The SMILES string of the molecule is C.Cc1cc(C[C@@H](O)CO)cnc1N1CCN(C(=O)Nc2nc3ccc(Cl)cc3s2)[C@H](C)C1.Cc1cc(C[C@@H](O)CO)cnc1N1CCN[C@H](C)C1.O=C(Nc1nc2ccc(Cl)cc2s1)n1ccnc1. The van der Waals surface area contributed by atoms with Crippen molar-refractivity contribution in [2.24, 2.45) is 0 Å². The molecule has 4 atom stereocenters. The Labute approximate surface area is 425 Å². The number of hydrogen-bond acceptors (Lipinski definition) is 16. The Kier molecular flexibility index (Phi) is 19.2. The van der Waals surface area contributed by atoms with E-state index in [0.29, 0.717) is 58.8 Å². The van der Waals surface area contributed by atoms with Crippen molar-refractivity contribution in [3.8, 4) is 0 Å². The lowest BCUT2D eigenvalue weighted by atomic mass is 10.1. The van der Waals surface area contributed by atoms with Crippen LogP contribution in [0.25, 0.3) is 20.4 Å². The van der Waals surface area contributed by atoms with Gasteiger partial charge in [0, 0.05) is 99.0 Å². The zero-order chi connectivity index (χ0) is 49.2. The number of anilines is 4. The van der Waals surface area contributed by atoms with Crippen LogP contribution in [0, 0.1) is 13.8 Å². The van der Waals surface area contributed by atoms with Crippen LogP contribution >= 0.6 is 45.9 Å². The Hall–Kier alpha value is -5.55. The van der Waals surface area contributed by atoms with E-state index < -0.39 is 12.2 Å². The van der Waals surface area contributed by atoms with Crippen molar-refractivity contribution in [2.75, 3.05) is 72.9 Å². The number of rotatable bonds is 10. The molecule has 3 amide bonds. The number of aryl methyl sites for hydroxylation is 2. The van der Waals surface area contributed by atoms with Gasteiger partial charge in [0.2, 0.25) is 0 Å². The number of nitrogens with one attached hydrogen (secondary N) is 3. The van der Waals surface area contributed by atoms with Gasteiger partial charge in [0.1, 0.15) is 18.0 Å². The molecule has 0 bridgehead atoms. The highest BCUT2D eigenvalue weighted by atomic mass is 35.5. The van der Waals surface area contributed by atoms with E-state index in [4.69, 9.17) is 33.4 Å². The molecule has 2 saturated heterocycles. The first-order valence-electron chi connectivity index (χ1n) is 22.4. The molecular weight excluding hydrogens is 976 g/mol. The van der Waals surface area contributed by atoms with E-state index in [2.05, 4.69) is 57.6 Å². The van der Waals surface area contributed by atoms with Gasteiger partial charge in [-0.1, -0.05) is 65.4 Å². The normalized spacial score (nSPS) is 16.6. The van der Waals surface area contributed by atoms with Crippen LogP contribution in [0.1, 0.15) is 43.5 Å². The molecule has 7 N–H and O–H groups in total. The molecule has 9 rings (SSSR count). The number of hydrogen-bond donors (Lipinski definition) is 7. The molecule has 70 heavy (non-hydrogen) atoms. The first-order chi connectivity index (χ1) is 33.2. The number of aliphatic hydroxyl groups is 4. The second-order valence-corrected chi connectivity index (χ2v) is 19.9. The Morgan fingerprint density at radius 3 is 1.77 bits per heavy atom. The Bertz CT molecular complexity index is 2830. The molecule has 2 aliphatic rings. The third-order valence-corrected chi connectivity index (χ3v) is 13.6. The predicted octanol–water partition coefficient (Wildman–Crippen LogP) is 7.24. The maximum Gasteiger partial charge on any atom is 0.333 e. The van der Waals surface area contributed by atoms with Gasteiger partial charge in [-0.25, -0.2) is 34.5 Å². The summed E-state index contributed by atoms with van der Waals surface area (Å²) in [5.74, 6) is 1.90. The number of urea groups is 1. The number of halogens is 2. The molecule has 374 valence electrons. The van der Waals surface area contributed by atoms with Crippen molar-refractivity contribution in [3.05, 3.63) is 112 Å². The van der Waals surface area contributed by atoms with Crippen molar-refractivity contribution >= 4 is 100 Å². The number of benzene rings is 2. The van der Waals surface area contributed by atoms with Crippen LogP contribution in [-0.2, 0) is 12.8 Å². The molecule has 2 fully saturated rings. The topological polar surface area (TPSA) is 230 Å². The second-order valence-electron chi connectivity index (χ2n) is 16.9. The van der Waals surface area contributed by atoms with E-state index in [1.165, 1.54) is 39.8 Å².